The molecule has 6 aliphatic rings. The van der Waals surface area contributed by atoms with E-state index in [1.165, 1.54) is 39.1 Å². The SMILES string of the molecule is CCC(=O)NC1CCc2cc(N3CCC(C)(c4cc(Cl)cc(Cl)c4)C3)ccc21.CCC(=O)NC1CCc2cc(N3CCC(C)(c4cc(Cl)cc(Cl)c4)C3=O)ccc21.CCC(=O)NC1CCc2cc(N3CCC(C)(c4cc(Cl)cc(Cl)c4)C3O)ccc21. The molecule has 3 fully saturated rings. The zero-order valence-corrected chi connectivity index (χ0v) is 54.2. The lowest BCUT2D eigenvalue weighted by Crippen LogP contribution is -2.40. The first-order chi connectivity index (χ1) is 41.0. The number of carbonyl (C=O) groups excluding carboxylic acids is 4. The number of halogens is 6. The molecule has 7 atom stereocenters. The third-order valence-corrected chi connectivity index (χ3v) is 20.2. The summed E-state index contributed by atoms with van der Waals surface area (Å²) in [5.41, 5.74) is 12.6. The molecule has 3 saturated heterocycles. The average molecular weight is 1280 g/mol. The van der Waals surface area contributed by atoms with Crippen LogP contribution in [0.4, 0.5) is 17.1 Å². The predicted octanol–water partition coefficient (Wildman–Crippen LogP) is 15.9. The first-order valence-corrected chi connectivity index (χ1v) is 32.5. The molecule has 3 aliphatic carbocycles. The quantitative estimate of drug-likeness (QED) is 0.0959. The molecule has 0 aromatic heterocycles. The summed E-state index contributed by atoms with van der Waals surface area (Å²) in [6, 6.07) is 36.2. The van der Waals surface area contributed by atoms with Crippen molar-refractivity contribution in [3.63, 3.8) is 0 Å². The van der Waals surface area contributed by atoms with Crippen molar-refractivity contribution >= 4 is 110 Å². The highest BCUT2D eigenvalue weighted by molar-refractivity contribution is 6.36. The number of anilines is 3. The maximum Gasteiger partial charge on any atom is 0.237 e. The Morgan fingerprint density at radius 3 is 1.37 bits per heavy atom. The van der Waals surface area contributed by atoms with Crippen molar-refractivity contribution in [2.24, 2.45) is 0 Å². The van der Waals surface area contributed by atoms with Gasteiger partial charge in [0, 0.05) is 103 Å². The maximum absolute atomic E-state index is 13.4. The number of aliphatic hydroxyl groups is 1. The summed E-state index contributed by atoms with van der Waals surface area (Å²) in [5, 5.41) is 24.2. The van der Waals surface area contributed by atoms with Gasteiger partial charge in [-0.25, -0.2) is 0 Å². The van der Waals surface area contributed by atoms with E-state index in [-0.39, 0.29) is 47.2 Å². The monoisotopic (exact) mass is 1280 g/mol. The number of nitrogens with one attached hydrogen (secondary N) is 3. The fourth-order valence-corrected chi connectivity index (χ4v) is 15.2. The molecule has 0 spiro atoms. The van der Waals surface area contributed by atoms with E-state index < -0.39 is 17.1 Å². The molecule has 0 bridgehead atoms. The summed E-state index contributed by atoms with van der Waals surface area (Å²) < 4.78 is 0. The maximum atomic E-state index is 13.4. The first-order valence-electron chi connectivity index (χ1n) is 30.2. The molecule has 17 heteroatoms. The largest absolute Gasteiger partial charge is 0.373 e. The Labute approximate surface area is 536 Å². The first kappa shape index (κ1) is 63.5. The molecule has 6 aromatic rings. The number of benzene rings is 6. The van der Waals surface area contributed by atoms with E-state index in [4.69, 9.17) is 69.6 Å². The van der Waals surface area contributed by atoms with Gasteiger partial charge >= 0.3 is 0 Å². The lowest BCUT2D eigenvalue weighted by atomic mass is 9.80. The van der Waals surface area contributed by atoms with Crippen LogP contribution in [0.1, 0.15) is 168 Å². The fourth-order valence-electron chi connectivity index (χ4n) is 13.6. The Morgan fingerprint density at radius 2 is 0.907 bits per heavy atom. The van der Waals surface area contributed by atoms with E-state index in [1.54, 1.807) is 18.2 Å². The van der Waals surface area contributed by atoms with Crippen LogP contribution >= 0.6 is 69.6 Å². The van der Waals surface area contributed by atoms with Crippen molar-refractivity contribution in [3.05, 3.63) is 189 Å². The van der Waals surface area contributed by atoms with Crippen molar-refractivity contribution in [2.75, 3.05) is 40.9 Å². The van der Waals surface area contributed by atoms with Gasteiger partial charge in [-0.05, 0) is 206 Å². The molecule has 0 radical (unpaired) electrons. The minimum Gasteiger partial charge on any atom is -0.373 e. The molecule has 3 aliphatic heterocycles. The van der Waals surface area contributed by atoms with Crippen molar-refractivity contribution in [1.29, 1.82) is 0 Å². The van der Waals surface area contributed by atoms with Crippen LogP contribution in [0, 0.1) is 0 Å². The van der Waals surface area contributed by atoms with Crippen LogP contribution in [0.15, 0.2) is 109 Å². The lowest BCUT2D eigenvalue weighted by Gasteiger charge is -2.33. The number of amides is 4. The molecule has 454 valence electrons. The number of rotatable bonds is 12. The Balaban J connectivity index is 0.000000143. The fraction of sp³-hybridized carbons (Fsp3) is 0.420. The van der Waals surface area contributed by atoms with Gasteiger partial charge in [0.15, 0.2) is 0 Å². The Bertz CT molecular complexity index is 3520. The van der Waals surface area contributed by atoms with Gasteiger partial charge in [0.25, 0.3) is 0 Å². The number of fused-ring (bicyclic) bond motifs is 3. The third kappa shape index (κ3) is 13.4. The molecular weight excluding hydrogens is 1210 g/mol. The van der Waals surface area contributed by atoms with Crippen LogP contribution in [0.25, 0.3) is 0 Å². The average Bonchev–Trinajstić information content (AvgIpc) is 1.84. The molecular formula is C69H76Cl6N6O5. The molecule has 0 saturated carbocycles. The minimum absolute atomic E-state index is 0.0329. The van der Waals surface area contributed by atoms with Gasteiger partial charge < -0.3 is 35.8 Å². The Kier molecular flexibility index (Phi) is 19.4. The van der Waals surface area contributed by atoms with Crippen LogP contribution in [-0.2, 0) is 54.7 Å². The lowest BCUT2D eigenvalue weighted by molar-refractivity contribution is -0.122. The van der Waals surface area contributed by atoms with E-state index in [2.05, 4.69) is 83.2 Å². The van der Waals surface area contributed by atoms with E-state index >= 15 is 0 Å². The summed E-state index contributed by atoms with van der Waals surface area (Å²) in [4.78, 5) is 55.1. The second-order valence-electron chi connectivity index (χ2n) is 24.7. The van der Waals surface area contributed by atoms with Gasteiger partial charge in [-0.1, -0.05) is 122 Å². The zero-order chi connectivity index (χ0) is 61.4. The number of nitrogens with zero attached hydrogens (tertiary/aromatic N) is 3. The van der Waals surface area contributed by atoms with Gasteiger partial charge in [-0.2, -0.15) is 0 Å². The van der Waals surface area contributed by atoms with Gasteiger partial charge in [0.2, 0.25) is 23.6 Å². The number of carbonyl (C=O) groups is 4. The van der Waals surface area contributed by atoms with Gasteiger partial charge in [0.05, 0.1) is 23.5 Å². The van der Waals surface area contributed by atoms with E-state index in [1.807, 2.05) is 80.0 Å². The second kappa shape index (κ2) is 26.3. The number of hydrogen-bond donors (Lipinski definition) is 4. The number of aryl methyl sites for hydroxylation is 3. The normalized spacial score (nSPS) is 24.3. The minimum atomic E-state index is -0.674. The number of aliphatic hydroxyl groups excluding tert-OH is 1. The van der Waals surface area contributed by atoms with Crippen LogP contribution in [0.3, 0.4) is 0 Å². The number of hydrogen-bond acceptors (Lipinski definition) is 7. The van der Waals surface area contributed by atoms with E-state index in [0.717, 1.165) is 99.1 Å². The van der Waals surface area contributed by atoms with Crippen molar-refractivity contribution in [3.8, 4) is 0 Å². The third-order valence-electron chi connectivity index (χ3n) is 18.9. The van der Waals surface area contributed by atoms with Crippen LogP contribution < -0.4 is 30.7 Å². The highest BCUT2D eigenvalue weighted by atomic mass is 35.5. The Hall–Kier alpha value is -5.50. The van der Waals surface area contributed by atoms with Gasteiger partial charge in [-0.15, -0.1) is 0 Å². The molecule has 11 nitrogen and oxygen atoms in total. The second-order valence-corrected chi connectivity index (χ2v) is 27.3. The van der Waals surface area contributed by atoms with Gasteiger partial charge in [-0.3, -0.25) is 19.2 Å². The Morgan fingerprint density at radius 1 is 0.500 bits per heavy atom. The van der Waals surface area contributed by atoms with Crippen molar-refractivity contribution in [2.45, 2.75) is 159 Å². The summed E-state index contributed by atoms with van der Waals surface area (Å²) in [7, 11) is 0. The zero-order valence-electron chi connectivity index (χ0n) is 49.7. The topological polar surface area (TPSA) is 134 Å². The van der Waals surface area contributed by atoms with Crippen molar-refractivity contribution in [1.82, 2.24) is 16.0 Å². The van der Waals surface area contributed by atoms with E-state index in [9.17, 15) is 24.3 Å². The summed E-state index contributed by atoms with van der Waals surface area (Å²) in [5.74, 6) is 0.331. The highest BCUT2D eigenvalue weighted by Gasteiger charge is 2.47. The molecule has 3 heterocycles. The summed E-state index contributed by atoms with van der Waals surface area (Å²) in [6.07, 6.45) is 9.08. The van der Waals surface area contributed by atoms with Crippen LogP contribution in [0.5, 0.6) is 0 Å². The molecule has 4 amide bonds. The molecule has 86 heavy (non-hydrogen) atoms. The van der Waals surface area contributed by atoms with Crippen LogP contribution in [0.2, 0.25) is 30.1 Å². The standard InChI is InChI=1S/C23H26Cl2N2O2.C23H24Cl2N2O2.C23H26Cl2N2O/c2*1-3-21(28)26-20-7-4-14-10-18(5-6-19(14)20)27-9-8-23(2,22(27)29)15-11-16(24)13-17(25)12-15;1-3-22(28)26-21-7-4-15-10-19(5-6-20(15)21)27-9-8-23(2,14-27)16-11-17(24)13-18(25)12-16/h5-6,10-13,20,22,29H,3-4,7-9H2,1-2H3,(H,26,28);5-6,10-13,20H,3-4,7-9H2,1-2H3,(H,26,28);5-6,10-13,21H,3-4,7-9,14H2,1-2H3,(H,26,28). The summed E-state index contributed by atoms with van der Waals surface area (Å²) >= 11 is 37.2. The molecule has 7 unspecified atom stereocenters. The molecule has 4 N–H and O–H groups in total. The molecule has 6 aromatic carbocycles. The smallest absolute Gasteiger partial charge is 0.237 e. The summed E-state index contributed by atoms with van der Waals surface area (Å²) in [6.45, 7) is 15.3. The predicted molar refractivity (Wildman–Crippen MR) is 351 cm³/mol. The van der Waals surface area contributed by atoms with Gasteiger partial charge in [0.1, 0.15) is 6.23 Å². The van der Waals surface area contributed by atoms with Crippen molar-refractivity contribution < 1.29 is 24.3 Å². The highest BCUT2D eigenvalue weighted by Crippen LogP contribution is 2.46. The van der Waals surface area contributed by atoms with E-state index in [0.29, 0.717) is 62.4 Å². The van der Waals surface area contributed by atoms with Crippen LogP contribution in [-0.4, -0.2) is 61.1 Å². The molecule has 12 rings (SSSR count).